The summed E-state index contributed by atoms with van der Waals surface area (Å²) < 4.78 is 64.9. The number of rotatable bonds is 5. The molecule has 0 saturated carbocycles. The second kappa shape index (κ2) is 8.23. The normalized spacial score (nSPS) is 13.0. The minimum Gasteiger partial charge on any atom is -0.485 e. The van der Waals surface area contributed by atoms with E-state index in [9.17, 15) is 17.6 Å². The molecule has 1 atom stereocenters. The summed E-state index contributed by atoms with van der Waals surface area (Å²) >= 11 is 12.1. The number of nitrogens with zero attached hydrogens (tertiary/aromatic N) is 4. The first-order valence-corrected chi connectivity index (χ1v) is 9.69. The number of aromatic nitrogens is 4. The van der Waals surface area contributed by atoms with Crippen LogP contribution in [0.1, 0.15) is 12.5 Å². The molecule has 1 aromatic carbocycles. The van der Waals surface area contributed by atoms with Crippen LogP contribution in [0.3, 0.4) is 0 Å². The fourth-order valence-electron chi connectivity index (χ4n) is 2.80. The number of fused-ring (bicyclic) bond motifs is 1. The van der Waals surface area contributed by atoms with Crippen molar-refractivity contribution in [2.24, 2.45) is 0 Å². The van der Waals surface area contributed by atoms with Crippen molar-refractivity contribution < 1.29 is 31.9 Å². The van der Waals surface area contributed by atoms with Crippen LogP contribution >= 0.6 is 23.2 Å². The van der Waals surface area contributed by atoms with Gasteiger partial charge in [-0.3, -0.25) is 0 Å². The number of aliphatic hydroxyl groups excluding tert-OH is 1. The fourth-order valence-corrected chi connectivity index (χ4v) is 3.29. The predicted octanol–water partition coefficient (Wildman–Crippen LogP) is 5.28. The third kappa shape index (κ3) is 4.23. The van der Waals surface area contributed by atoms with Gasteiger partial charge >= 0.3 is 6.18 Å². The summed E-state index contributed by atoms with van der Waals surface area (Å²) in [5, 5.41) is 12.6. The number of aliphatic hydroxyl groups is 1. The van der Waals surface area contributed by atoms with Gasteiger partial charge in [0.1, 0.15) is 11.8 Å². The van der Waals surface area contributed by atoms with Crippen LogP contribution in [0, 0.1) is 5.82 Å². The van der Waals surface area contributed by atoms with E-state index in [-0.39, 0.29) is 51.0 Å². The van der Waals surface area contributed by atoms with Crippen LogP contribution in [0.5, 0.6) is 5.75 Å². The summed E-state index contributed by atoms with van der Waals surface area (Å²) in [4.78, 5) is 8.23. The molecule has 4 aromatic rings. The Bertz CT molecular complexity index is 1310. The average Bonchev–Trinajstić information content (AvgIpc) is 3.37. The van der Waals surface area contributed by atoms with Gasteiger partial charge in [-0.1, -0.05) is 28.4 Å². The van der Waals surface area contributed by atoms with E-state index >= 15 is 0 Å². The number of ether oxygens (including phenoxy) is 1. The van der Waals surface area contributed by atoms with Crippen molar-refractivity contribution >= 4 is 28.8 Å². The van der Waals surface area contributed by atoms with Crippen LogP contribution in [-0.4, -0.2) is 37.3 Å². The molecule has 13 heteroatoms. The lowest BCUT2D eigenvalue weighted by atomic mass is 10.2. The lowest BCUT2D eigenvalue weighted by Crippen LogP contribution is -2.16. The predicted molar refractivity (Wildman–Crippen MR) is 106 cm³/mol. The van der Waals surface area contributed by atoms with Crippen molar-refractivity contribution in [3.63, 3.8) is 0 Å². The zero-order chi connectivity index (χ0) is 23.2. The molecule has 32 heavy (non-hydrogen) atoms. The maximum Gasteiger partial charge on any atom is 0.417 e. The summed E-state index contributed by atoms with van der Waals surface area (Å²) in [6.45, 7) is 1.23. The summed E-state index contributed by atoms with van der Waals surface area (Å²) in [6, 6.07) is 3.00. The zero-order valence-corrected chi connectivity index (χ0v) is 17.5. The van der Waals surface area contributed by atoms with E-state index in [0.717, 1.165) is 22.7 Å². The Balaban J connectivity index is 1.69. The molecular weight excluding hydrogens is 479 g/mol. The topological polar surface area (TPSA) is 85.7 Å². The lowest BCUT2D eigenvalue weighted by molar-refractivity contribution is -0.137. The van der Waals surface area contributed by atoms with Gasteiger partial charge in [-0.2, -0.15) is 18.2 Å². The van der Waals surface area contributed by atoms with Crippen molar-refractivity contribution in [1.29, 1.82) is 0 Å². The van der Waals surface area contributed by atoms with E-state index in [2.05, 4.69) is 15.1 Å². The standard InChI is InChI=1S/C19H12Cl2F4N4O3/c1-8(7-30)31-15-4-11(20)10(3-13(15)22)16-27-18(32-28-16)14-6-29-5-9(19(23,24)25)2-12(21)17(29)26-14/h2-6,8,30H,7H2,1H3/t8-/m1/s1. The first-order valence-electron chi connectivity index (χ1n) is 8.93. The van der Waals surface area contributed by atoms with E-state index in [0.29, 0.717) is 0 Å². The minimum atomic E-state index is -4.59. The molecule has 0 radical (unpaired) electrons. The van der Waals surface area contributed by atoms with Crippen molar-refractivity contribution in [1.82, 2.24) is 19.5 Å². The molecule has 168 valence electrons. The van der Waals surface area contributed by atoms with Gasteiger partial charge in [0.2, 0.25) is 5.82 Å². The van der Waals surface area contributed by atoms with Gasteiger partial charge in [0.15, 0.2) is 17.2 Å². The highest BCUT2D eigenvalue weighted by Crippen LogP contribution is 2.35. The Kier molecular flexibility index (Phi) is 5.74. The largest absolute Gasteiger partial charge is 0.485 e. The third-order valence-electron chi connectivity index (χ3n) is 4.33. The molecule has 3 aromatic heterocycles. The van der Waals surface area contributed by atoms with E-state index < -0.39 is 23.7 Å². The van der Waals surface area contributed by atoms with Gasteiger partial charge in [-0.25, -0.2) is 9.37 Å². The Morgan fingerprint density at radius 1 is 1.16 bits per heavy atom. The van der Waals surface area contributed by atoms with Crippen LogP contribution < -0.4 is 4.74 Å². The Morgan fingerprint density at radius 3 is 2.59 bits per heavy atom. The van der Waals surface area contributed by atoms with Crippen molar-refractivity contribution in [3.05, 3.63) is 52.0 Å². The molecule has 0 bridgehead atoms. The SMILES string of the molecule is C[C@H](CO)Oc1cc(Cl)c(-c2noc(-c3cn4cc(C(F)(F)F)cc(Cl)c4n3)n2)cc1F. The highest BCUT2D eigenvalue weighted by atomic mass is 35.5. The molecule has 0 fully saturated rings. The number of hydrogen-bond acceptors (Lipinski definition) is 6. The number of hydrogen-bond donors (Lipinski definition) is 1. The minimum absolute atomic E-state index is 0.0479. The summed E-state index contributed by atoms with van der Waals surface area (Å²) in [5.41, 5.74) is -0.758. The Hall–Kier alpha value is -2.89. The van der Waals surface area contributed by atoms with Crippen molar-refractivity contribution in [3.8, 4) is 28.7 Å². The molecule has 4 rings (SSSR count). The van der Waals surface area contributed by atoms with Gasteiger partial charge in [-0.05, 0) is 19.1 Å². The molecular formula is C19H12Cl2F4N4O3. The van der Waals surface area contributed by atoms with E-state index in [4.69, 9.17) is 37.6 Å². The molecule has 7 nitrogen and oxygen atoms in total. The monoisotopic (exact) mass is 490 g/mol. The van der Waals surface area contributed by atoms with Crippen molar-refractivity contribution in [2.45, 2.75) is 19.2 Å². The maximum absolute atomic E-state index is 14.4. The van der Waals surface area contributed by atoms with Crippen LogP contribution in [-0.2, 0) is 6.18 Å². The van der Waals surface area contributed by atoms with Crippen LogP contribution in [0.2, 0.25) is 10.0 Å². The lowest BCUT2D eigenvalue weighted by Gasteiger charge is -2.13. The number of pyridine rings is 1. The first kappa shape index (κ1) is 22.3. The highest BCUT2D eigenvalue weighted by Gasteiger charge is 2.32. The fraction of sp³-hybridized carbons (Fsp3) is 0.211. The molecule has 0 saturated heterocycles. The van der Waals surface area contributed by atoms with Gasteiger partial charge < -0.3 is 18.8 Å². The third-order valence-corrected chi connectivity index (χ3v) is 4.92. The molecule has 1 N–H and O–H groups in total. The molecule has 0 aliphatic heterocycles. The van der Waals surface area contributed by atoms with E-state index in [1.807, 2.05) is 0 Å². The quantitative estimate of drug-likeness (QED) is 0.383. The number of alkyl halides is 3. The van der Waals surface area contributed by atoms with Crippen LogP contribution in [0.4, 0.5) is 17.6 Å². The summed E-state index contributed by atoms with van der Waals surface area (Å²) in [5.74, 6) is -1.15. The molecule has 0 aliphatic carbocycles. The second-order valence-electron chi connectivity index (χ2n) is 6.73. The van der Waals surface area contributed by atoms with Gasteiger partial charge in [0, 0.05) is 24.0 Å². The second-order valence-corrected chi connectivity index (χ2v) is 7.54. The van der Waals surface area contributed by atoms with E-state index in [1.165, 1.54) is 12.3 Å². The summed E-state index contributed by atoms with van der Waals surface area (Å²) in [7, 11) is 0. The molecule has 0 amide bonds. The van der Waals surface area contributed by atoms with Gasteiger partial charge in [0.25, 0.3) is 5.89 Å². The number of imidazole rings is 1. The average molecular weight is 491 g/mol. The van der Waals surface area contributed by atoms with Crippen LogP contribution in [0.25, 0.3) is 28.6 Å². The van der Waals surface area contributed by atoms with Crippen LogP contribution in [0.15, 0.2) is 35.1 Å². The maximum atomic E-state index is 14.4. The summed E-state index contributed by atoms with van der Waals surface area (Å²) in [6.07, 6.45) is -3.18. The molecule has 3 heterocycles. The zero-order valence-electron chi connectivity index (χ0n) is 16.0. The molecule has 0 spiro atoms. The Labute approximate surface area is 187 Å². The smallest absolute Gasteiger partial charge is 0.417 e. The molecule has 0 aliphatic rings. The number of benzene rings is 1. The molecule has 0 unspecified atom stereocenters. The highest BCUT2D eigenvalue weighted by molar-refractivity contribution is 6.33. The van der Waals surface area contributed by atoms with Gasteiger partial charge in [-0.15, -0.1) is 0 Å². The number of halogens is 6. The van der Waals surface area contributed by atoms with Gasteiger partial charge in [0.05, 0.1) is 22.2 Å². The Morgan fingerprint density at radius 2 is 1.91 bits per heavy atom. The first-order chi connectivity index (χ1) is 15.1. The van der Waals surface area contributed by atoms with Crippen molar-refractivity contribution in [2.75, 3.05) is 6.61 Å². The van der Waals surface area contributed by atoms with E-state index in [1.54, 1.807) is 6.92 Å².